The smallest absolute Gasteiger partial charge is 0.253 e. The molecule has 2 aliphatic carbocycles. The van der Waals surface area contributed by atoms with E-state index in [-0.39, 0.29) is 17.6 Å². The molecule has 4 heteroatoms. The number of pyridine rings is 1. The SMILES string of the molecule is Cc1nc(C2CC2)ccc1C(=O)NCC1CCC2(CCCCC2)O1. The van der Waals surface area contributed by atoms with Crippen molar-refractivity contribution in [1.82, 2.24) is 10.3 Å². The van der Waals surface area contributed by atoms with Gasteiger partial charge in [-0.25, -0.2) is 0 Å². The predicted molar refractivity (Wildman–Crippen MR) is 93.2 cm³/mol. The minimum atomic E-state index is -0.0180. The van der Waals surface area contributed by atoms with Crippen molar-refractivity contribution >= 4 is 5.91 Å². The molecule has 1 unspecified atom stereocenters. The molecule has 4 nitrogen and oxygen atoms in total. The van der Waals surface area contributed by atoms with Crippen molar-refractivity contribution in [2.75, 3.05) is 6.54 Å². The molecule has 1 aromatic heterocycles. The monoisotopic (exact) mass is 328 g/mol. The number of ether oxygens (including phenoxy) is 1. The molecular weight excluding hydrogens is 300 g/mol. The maximum atomic E-state index is 12.5. The van der Waals surface area contributed by atoms with E-state index in [9.17, 15) is 4.79 Å². The van der Waals surface area contributed by atoms with Crippen molar-refractivity contribution in [2.24, 2.45) is 0 Å². The van der Waals surface area contributed by atoms with Gasteiger partial charge in [0.05, 0.1) is 23.0 Å². The van der Waals surface area contributed by atoms with E-state index in [1.165, 1.54) is 44.9 Å². The summed E-state index contributed by atoms with van der Waals surface area (Å²) in [6.45, 7) is 2.55. The number of carbonyl (C=O) groups excluding carboxylic acids is 1. The van der Waals surface area contributed by atoms with Crippen LogP contribution in [-0.4, -0.2) is 29.1 Å². The van der Waals surface area contributed by atoms with E-state index in [4.69, 9.17) is 4.74 Å². The molecule has 24 heavy (non-hydrogen) atoms. The van der Waals surface area contributed by atoms with Crippen LogP contribution >= 0.6 is 0 Å². The van der Waals surface area contributed by atoms with E-state index >= 15 is 0 Å². The van der Waals surface area contributed by atoms with Crippen molar-refractivity contribution in [3.05, 3.63) is 29.1 Å². The highest BCUT2D eigenvalue weighted by atomic mass is 16.5. The van der Waals surface area contributed by atoms with Gasteiger partial charge in [0.25, 0.3) is 5.91 Å². The number of nitrogens with zero attached hydrogens (tertiary/aromatic N) is 1. The zero-order valence-corrected chi connectivity index (χ0v) is 14.6. The molecular formula is C20H28N2O2. The molecule has 0 aromatic carbocycles. The van der Waals surface area contributed by atoms with Gasteiger partial charge in [-0.1, -0.05) is 19.3 Å². The number of carbonyl (C=O) groups is 1. The molecule has 1 aromatic rings. The highest BCUT2D eigenvalue weighted by Crippen LogP contribution is 2.41. The van der Waals surface area contributed by atoms with Crippen molar-refractivity contribution < 1.29 is 9.53 Å². The van der Waals surface area contributed by atoms with Gasteiger partial charge in [-0.15, -0.1) is 0 Å². The van der Waals surface area contributed by atoms with Gasteiger partial charge in [-0.2, -0.15) is 0 Å². The van der Waals surface area contributed by atoms with Gasteiger partial charge >= 0.3 is 0 Å². The lowest BCUT2D eigenvalue weighted by Gasteiger charge is -2.33. The molecule has 0 bridgehead atoms. The average Bonchev–Trinajstić information content (AvgIpc) is 3.37. The summed E-state index contributed by atoms with van der Waals surface area (Å²) in [6.07, 6.45) is 11.2. The Morgan fingerprint density at radius 2 is 2.00 bits per heavy atom. The van der Waals surface area contributed by atoms with Crippen LogP contribution in [0.25, 0.3) is 0 Å². The van der Waals surface area contributed by atoms with E-state index in [1.807, 2.05) is 19.1 Å². The Bertz CT molecular complexity index is 618. The lowest BCUT2D eigenvalue weighted by Crippen LogP contribution is -2.36. The molecule has 1 amide bonds. The Labute approximate surface area is 144 Å². The van der Waals surface area contributed by atoms with Gasteiger partial charge in [0.1, 0.15) is 0 Å². The number of aromatic nitrogens is 1. The quantitative estimate of drug-likeness (QED) is 0.912. The van der Waals surface area contributed by atoms with Gasteiger partial charge < -0.3 is 10.1 Å². The van der Waals surface area contributed by atoms with E-state index in [0.29, 0.717) is 18.0 Å². The standard InChI is InChI=1S/C20H28N2O2/c1-14-17(7-8-18(22-14)15-5-6-15)19(23)21-13-16-9-12-20(24-16)10-3-2-4-11-20/h7-8,15-16H,2-6,9-13H2,1H3,(H,21,23). The normalized spacial score (nSPS) is 25.8. The average molecular weight is 328 g/mol. The van der Waals surface area contributed by atoms with Crippen LogP contribution in [-0.2, 0) is 4.74 Å². The maximum Gasteiger partial charge on any atom is 0.253 e. The van der Waals surface area contributed by atoms with E-state index in [2.05, 4.69) is 10.3 Å². The fraction of sp³-hybridized carbons (Fsp3) is 0.700. The Hall–Kier alpha value is -1.42. The first-order chi connectivity index (χ1) is 11.7. The molecule has 1 atom stereocenters. The lowest BCUT2D eigenvalue weighted by atomic mass is 9.83. The second-order valence-corrected chi connectivity index (χ2v) is 7.88. The van der Waals surface area contributed by atoms with Crippen molar-refractivity contribution in [2.45, 2.75) is 82.3 Å². The minimum Gasteiger partial charge on any atom is -0.370 e. The third-order valence-corrected chi connectivity index (χ3v) is 5.94. The molecule has 2 heterocycles. The number of nitrogens with one attached hydrogen (secondary N) is 1. The minimum absolute atomic E-state index is 0.0180. The van der Waals surface area contributed by atoms with Crippen molar-refractivity contribution in [1.29, 1.82) is 0 Å². The summed E-state index contributed by atoms with van der Waals surface area (Å²) in [5.41, 5.74) is 2.80. The Kier molecular flexibility index (Phi) is 4.33. The molecule has 3 fully saturated rings. The summed E-state index contributed by atoms with van der Waals surface area (Å²) in [5, 5.41) is 3.06. The zero-order valence-electron chi connectivity index (χ0n) is 14.6. The molecule has 1 aliphatic heterocycles. The van der Waals surface area contributed by atoms with Gasteiger partial charge in [-0.05, 0) is 57.6 Å². The molecule has 3 aliphatic rings. The fourth-order valence-electron chi connectivity index (χ4n) is 4.33. The first kappa shape index (κ1) is 16.1. The zero-order chi connectivity index (χ0) is 16.6. The van der Waals surface area contributed by atoms with Crippen LogP contribution < -0.4 is 5.32 Å². The van der Waals surface area contributed by atoms with Gasteiger partial charge in [0, 0.05) is 18.2 Å². The Morgan fingerprint density at radius 1 is 1.21 bits per heavy atom. The molecule has 130 valence electrons. The van der Waals surface area contributed by atoms with Gasteiger partial charge in [0.2, 0.25) is 0 Å². The molecule has 4 rings (SSSR count). The summed E-state index contributed by atoms with van der Waals surface area (Å²) in [7, 11) is 0. The van der Waals surface area contributed by atoms with Gasteiger partial charge in [0.15, 0.2) is 0 Å². The summed E-state index contributed by atoms with van der Waals surface area (Å²) < 4.78 is 6.33. The number of rotatable bonds is 4. The third-order valence-electron chi connectivity index (χ3n) is 5.94. The largest absolute Gasteiger partial charge is 0.370 e. The molecule has 1 spiro atoms. The Balaban J connectivity index is 1.32. The van der Waals surface area contributed by atoms with E-state index in [1.54, 1.807) is 0 Å². The fourth-order valence-corrected chi connectivity index (χ4v) is 4.33. The topological polar surface area (TPSA) is 51.2 Å². The van der Waals surface area contributed by atoms with Crippen molar-refractivity contribution in [3.63, 3.8) is 0 Å². The summed E-state index contributed by atoms with van der Waals surface area (Å²) >= 11 is 0. The number of amides is 1. The highest BCUT2D eigenvalue weighted by molar-refractivity contribution is 5.95. The second-order valence-electron chi connectivity index (χ2n) is 7.88. The summed E-state index contributed by atoms with van der Waals surface area (Å²) in [4.78, 5) is 17.1. The van der Waals surface area contributed by atoms with Crippen LogP contribution in [0.3, 0.4) is 0 Å². The molecule has 2 saturated carbocycles. The van der Waals surface area contributed by atoms with Crippen molar-refractivity contribution in [3.8, 4) is 0 Å². The third kappa shape index (κ3) is 3.34. The van der Waals surface area contributed by atoms with Crippen LogP contribution in [0.15, 0.2) is 12.1 Å². The van der Waals surface area contributed by atoms with Crippen LogP contribution in [0.2, 0.25) is 0 Å². The number of aryl methyl sites for hydroxylation is 1. The van der Waals surface area contributed by atoms with Crippen LogP contribution in [0.5, 0.6) is 0 Å². The second kappa shape index (κ2) is 6.47. The van der Waals surface area contributed by atoms with Crippen LogP contribution in [0.1, 0.15) is 85.5 Å². The highest BCUT2D eigenvalue weighted by Gasteiger charge is 2.40. The van der Waals surface area contributed by atoms with Crippen LogP contribution in [0, 0.1) is 6.92 Å². The molecule has 1 N–H and O–H groups in total. The lowest BCUT2D eigenvalue weighted by molar-refractivity contribution is -0.0618. The first-order valence-electron chi connectivity index (χ1n) is 9.59. The molecule has 0 radical (unpaired) electrons. The number of hydrogen-bond donors (Lipinski definition) is 1. The van der Waals surface area contributed by atoms with Crippen LogP contribution in [0.4, 0.5) is 0 Å². The Morgan fingerprint density at radius 3 is 2.71 bits per heavy atom. The van der Waals surface area contributed by atoms with Gasteiger partial charge in [-0.3, -0.25) is 9.78 Å². The number of hydrogen-bond acceptors (Lipinski definition) is 3. The molecule has 1 saturated heterocycles. The predicted octanol–water partition coefficient (Wildman–Crippen LogP) is 3.88. The first-order valence-corrected chi connectivity index (χ1v) is 9.59. The maximum absolute atomic E-state index is 12.5. The van der Waals surface area contributed by atoms with E-state index < -0.39 is 0 Å². The summed E-state index contributed by atoms with van der Waals surface area (Å²) in [6, 6.07) is 3.95. The summed E-state index contributed by atoms with van der Waals surface area (Å²) in [5.74, 6) is 0.606. The van der Waals surface area contributed by atoms with E-state index in [0.717, 1.165) is 24.2 Å².